The predicted molar refractivity (Wildman–Crippen MR) is 104 cm³/mol. The lowest BCUT2D eigenvalue weighted by Gasteiger charge is -2.35. The van der Waals surface area contributed by atoms with Crippen LogP contribution in [0.5, 0.6) is 0 Å². The van der Waals surface area contributed by atoms with Crippen LogP contribution in [-0.4, -0.2) is 42.7 Å². The Hall–Kier alpha value is -2.99. The summed E-state index contributed by atoms with van der Waals surface area (Å²) in [5.41, 5.74) is 0.347. The molecule has 9 heteroatoms. The van der Waals surface area contributed by atoms with E-state index in [1.165, 1.54) is 0 Å². The minimum Gasteiger partial charge on any atom is -0.381 e. The molecular formula is C20H23N7O2. The van der Waals surface area contributed by atoms with E-state index in [0.29, 0.717) is 17.4 Å². The van der Waals surface area contributed by atoms with Crippen molar-refractivity contribution in [1.82, 2.24) is 29.5 Å². The number of H-pyrrole nitrogens is 1. The highest BCUT2D eigenvalue weighted by Gasteiger charge is 2.37. The largest absolute Gasteiger partial charge is 0.381 e. The molecule has 1 aliphatic carbocycles. The molecule has 2 fully saturated rings. The minimum absolute atomic E-state index is 0.0361. The van der Waals surface area contributed by atoms with Gasteiger partial charge < -0.3 is 9.72 Å². The lowest BCUT2D eigenvalue weighted by Crippen LogP contribution is -2.31. The fraction of sp³-hybridized carbons (Fsp3) is 0.550. The number of nitrogens with zero attached hydrogens (tertiary/aromatic N) is 6. The van der Waals surface area contributed by atoms with Gasteiger partial charge in [-0.2, -0.15) is 15.5 Å². The van der Waals surface area contributed by atoms with E-state index in [1.54, 1.807) is 10.9 Å². The number of aromatic nitrogens is 6. The first-order valence-electron chi connectivity index (χ1n) is 10.2. The quantitative estimate of drug-likeness (QED) is 0.727. The highest BCUT2D eigenvalue weighted by molar-refractivity contribution is 5.80. The molecule has 29 heavy (non-hydrogen) atoms. The first kappa shape index (κ1) is 18.1. The number of hydrogen-bond donors (Lipinski definition) is 1. The molecule has 9 nitrogen and oxygen atoms in total. The third kappa shape index (κ3) is 2.95. The molecule has 5 rings (SSSR count). The normalized spacial score (nSPS) is 23.6. The van der Waals surface area contributed by atoms with Gasteiger partial charge in [-0.3, -0.25) is 9.48 Å². The number of nitriles is 1. The number of hydrogen-bond acceptors (Lipinski definition) is 6. The summed E-state index contributed by atoms with van der Waals surface area (Å²) in [4.78, 5) is 20.6. The van der Waals surface area contributed by atoms with Gasteiger partial charge in [0.05, 0.1) is 12.1 Å². The van der Waals surface area contributed by atoms with Crippen LogP contribution in [0.4, 0.5) is 0 Å². The zero-order chi connectivity index (χ0) is 20.0. The molecule has 0 unspecified atom stereocenters. The molecule has 150 valence electrons. The summed E-state index contributed by atoms with van der Waals surface area (Å²) in [6, 6.07) is 4.19. The maximum absolute atomic E-state index is 12.9. The average Bonchev–Trinajstić information content (AvgIpc) is 3.35. The van der Waals surface area contributed by atoms with Gasteiger partial charge in [0.2, 0.25) is 0 Å². The molecule has 1 N–H and O–H groups in total. The monoisotopic (exact) mass is 393 g/mol. The van der Waals surface area contributed by atoms with Gasteiger partial charge in [-0.05, 0) is 44.6 Å². The summed E-state index contributed by atoms with van der Waals surface area (Å²) in [5, 5.41) is 18.6. The van der Waals surface area contributed by atoms with Gasteiger partial charge in [-0.15, -0.1) is 0 Å². The number of fused-ring (bicyclic) bond motifs is 1. The maximum atomic E-state index is 12.9. The Balaban J connectivity index is 1.58. The standard InChI is InChI=1S/C20H23N7O2/c1-12(13-5-9-29-10-6-13)27-19-17(15(11-21)25-27)20(28)24-18(23-19)14-3-4-16(14)26-8-2-7-22-26/h2,7-8,12-14,16H,3-6,9-10H2,1H3,(H,23,24,28)/t12-,14+,16+/m1/s1. The molecule has 0 amide bonds. The van der Waals surface area contributed by atoms with Crippen LogP contribution in [0, 0.1) is 17.2 Å². The smallest absolute Gasteiger partial charge is 0.263 e. The van der Waals surface area contributed by atoms with E-state index in [0.717, 1.165) is 38.9 Å². The summed E-state index contributed by atoms with van der Waals surface area (Å²) in [7, 11) is 0. The van der Waals surface area contributed by atoms with Crippen molar-refractivity contribution in [2.45, 2.75) is 50.6 Å². The maximum Gasteiger partial charge on any atom is 0.263 e. The van der Waals surface area contributed by atoms with Crippen LogP contribution in [0.2, 0.25) is 0 Å². The molecule has 1 saturated carbocycles. The van der Waals surface area contributed by atoms with E-state index in [2.05, 4.69) is 28.2 Å². The zero-order valence-electron chi connectivity index (χ0n) is 16.3. The molecule has 1 aliphatic heterocycles. The second-order valence-corrected chi connectivity index (χ2v) is 7.98. The molecule has 3 aromatic heterocycles. The Morgan fingerprint density at radius 2 is 2.14 bits per heavy atom. The predicted octanol–water partition coefficient (Wildman–Crippen LogP) is 2.29. The Labute approximate surface area is 167 Å². The van der Waals surface area contributed by atoms with Crippen molar-refractivity contribution in [3.63, 3.8) is 0 Å². The van der Waals surface area contributed by atoms with Crippen molar-refractivity contribution in [3.8, 4) is 6.07 Å². The fourth-order valence-electron chi connectivity index (χ4n) is 4.59. The molecule has 0 radical (unpaired) electrons. The average molecular weight is 393 g/mol. The van der Waals surface area contributed by atoms with Crippen LogP contribution >= 0.6 is 0 Å². The van der Waals surface area contributed by atoms with Gasteiger partial charge in [-0.1, -0.05) is 0 Å². The molecule has 1 saturated heterocycles. The van der Waals surface area contributed by atoms with E-state index in [-0.39, 0.29) is 34.6 Å². The van der Waals surface area contributed by atoms with E-state index < -0.39 is 0 Å². The molecular weight excluding hydrogens is 370 g/mol. The summed E-state index contributed by atoms with van der Waals surface area (Å²) in [6.45, 7) is 3.54. The van der Waals surface area contributed by atoms with E-state index in [1.807, 2.05) is 16.9 Å². The topological polar surface area (TPSA) is 114 Å². The van der Waals surface area contributed by atoms with Gasteiger partial charge in [0.25, 0.3) is 5.56 Å². The second-order valence-electron chi connectivity index (χ2n) is 7.98. The van der Waals surface area contributed by atoms with Crippen LogP contribution in [0.1, 0.15) is 62.1 Å². The first-order chi connectivity index (χ1) is 14.2. The highest BCUT2D eigenvalue weighted by Crippen LogP contribution is 2.44. The van der Waals surface area contributed by atoms with Gasteiger partial charge in [0, 0.05) is 31.5 Å². The van der Waals surface area contributed by atoms with Crippen LogP contribution in [0.25, 0.3) is 11.0 Å². The molecule has 2 aliphatic rings. The number of ether oxygens (including phenoxy) is 1. The number of nitrogens with one attached hydrogen (secondary N) is 1. The summed E-state index contributed by atoms with van der Waals surface area (Å²) < 4.78 is 9.19. The Morgan fingerprint density at radius 3 is 2.79 bits per heavy atom. The molecule has 0 bridgehead atoms. The molecule has 3 atom stereocenters. The summed E-state index contributed by atoms with van der Waals surface area (Å²) in [6.07, 6.45) is 7.51. The van der Waals surface area contributed by atoms with Crippen molar-refractivity contribution < 1.29 is 4.74 Å². The van der Waals surface area contributed by atoms with E-state index in [9.17, 15) is 10.1 Å². The summed E-state index contributed by atoms with van der Waals surface area (Å²) in [5.74, 6) is 1.13. The van der Waals surface area contributed by atoms with Crippen molar-refractivity contribution in [3.05, 3.63) is 40.3 Å². The molecule has 0 spiro atoms. The number of rotatable bonds is 4. The minimum atomic E-state index is -0.293. The van der Waals surface area contributed by atoms with Crippen LogP contribution in [0.3, 0.4) is 0 Å². The summed E-state index contributed by atoms with van der Waals surface area (Å²) >= 11 is 0. The molecule has 4 heterocycles. The SMILES string of the molecule is C[C@H](C1CCOCC1)n1nc(C#N)c2c(=O)[nH]c([C@H]3CC[C@@H]3n3cccn3)nc21. The van der Waals surface area contributed by atoms with Crippen molar-refractivity contribution in [2.24, 2.45) is 5.92 Å². The first-order valence-corrected chi connectivity index (χ1v) is 10.2. The molecule has 0 aromatic carbocycles. The van der Waals surface area contributed by atoms with Crippen LogP contribution in [0.15, 0.2) is 23.3 Å². The highest BCUT2D eigenvalue weighted by atomic mass is 16.5. The van der Waals surface area contributed by atoms with Crippen LogP contribution in [-0.2, 0) is 4.74 Å². The van der Waals surface area contributed by atoms with Gasteiger partial charge in [-0.25, -0.2) is 9.67 Å². The Kier molecular flexibility index (Phi) is 4.43. The lowest BCUT2D eigenvalue weighted by molar-refractivity contribution is 0.0501. The third-order valence-electron chi connectivity index (χ3n) is 6.47. The van der Waals surface area contributed by atoms with Crippen molar-refractivity contribution >= 4 is 11.0 Å². The second kappa shape index (κ2) is 7.12. The van der Waals surface area contributed by atoms with E-state index >= 15 is 0 Å². The van der Waals surface area contributed by atoms with Crippen LogP contribution < -0.4 is 5.56 Å². The Morgan fingerprint density at radius 1 is 1.31 bits per heavy atom. The lowest BCUT2D eigenvalue weighted by atomic mass is 9.79. The van der Waals surface area contributed by atoms with Crippen molar-refractivity contribution in [1.29, 1.82) is 5.26 Å². The third-order valence-corrected chi connectivity index (χ3v) is 6.47. The fourth-order valence-corrected chi connectivity index (χ4v) is 4.59. The van der Waals surface area contributed by atoms with Crippen molar-refractivity contribution in [2.75, 3.05) is 13.2 Å². The van der Waals surface area contributed by atoms with Gasteiger partial charge in [0.15, 0.2) is 11.3 Å². The van der Waals surface area contributed by atoms with E-state index in [4.69, 9.17) is 9.72 Å². The van der Waals surface area contributed by atoms with Gasteiger partial charge in [0.1, 0.15) is 17.3 Å². The molecule has 3 aromatic rings. The number of aromatic amines is 1. The Bertz CT molecular complexity index is 1120. The zero-order valence-corrected chi connectivity index (χ0v) is 16.3. The van der Waals surface area contributed by atoms with Gasteiger partial charge >= 0.3 is 0 Å².